The highest BCUT2D eigenvalue weighted by Gasteiger charge is 2.30. The van der Waals surface area contributed by atoms with Gasteiger partial charge in [0, 0.05) is 0 Å². The topological polar surface area (TPSA) is 240 Å². The highest BCUT2D eigenvalue weighted by atomic mass is 16.4. The van der Waals surface area contributed by atoms with Crippen molar-refractivity contribution in [3.63, 3.8) is 0 Å². The third-order valence-corrected chi connectivity index (χ3v) is 4.63. The number of carboxylic acid groups (broad SMARTS) is 2. The Bertz CT molecular complexity index is 646. The minimum Gasteiger partial charge on any atom is -0.481 e. The number of nitrogens with two attached hydrogens (primary N) is 3. The molecule has 0 heterocycles. The maximum absolute atomic E-state index is 12.7. The Hall–Kier alpha value is -2.77. The molecular weight excluding hydrogens is 424 g/mol. The van der Waals surface area contributed by atoms with Gasteiger partial charge in [0.2, 0.25) is 17.7 Å². The quantitative estimate of drug-likeness (QED) is 0.107. The van der Waals surface area contributed by atoms with Gasteiger partial charge >= 0.3 is 11.9 Å². The molecule has 0 aliphatic heterocycles. The van der Waals surface area contributed by atoms with Gasteiger partial charge in [0.25, 0.3) is 0 Å². The van der Waals surface area contributed by atoms with Gasteiger partial charge in [0.15, 0.2) is 0 Å². The Balaban J connectivity index is 5.27. The molecule has 0 fully saturated rings. The van der Waals surface area contributed by atoms with Crippen LogP contribution in [-0.2, 0) is 24.0 Å². The SMILES string of the molecule is CC(NC(=O)C(CCCCN)NC(=O)C(CC(=O)O)NC(=O)C(N)CCCCN)C(=O)O. The molecule has 13 nitrogen and oxygen atoms in total. The number of aliphatic carboxylic acids is 2. The highest BCUT2D eigenvalue weighted by Crippen LogP contribution is 2.05. The molecule has 3 amide bonds. The van der Waals surface area contributed by atoms with Crippen LogP contribution in [0.25, 0.3) is 0 Å². The second-order valence-corrected chi connectivity index (χ2v) is 7.46. The van der Waals surface area contributed by atoms with E-state index in [1.54, 1.807) is 0 Å². The van der Waals surface area contributed by atoms with E-state index >= 15 is 0 Å². The summed E-state index contributed by atoms with van der Waals surface area (Å²) in [4.78, 5) is 59.6. The van der Waals surface area contributed by atoms with Gasteiger partial charge < -0.3 is 43.4 Å². The molecule has 0 radical (unpaired) electrons. The number of carbonyl (C=O) groups excluding carboxylic acids is 3. The minimum atomic E-state index is -1.47. The first kappa shape index (κ1) is 29.2. The lowest BCUT2D eigenvalue weighted by Gasteiger charge is -2.24. The molecule has 0 rings (SSSR count). The van der Waals surface area contributed by atoms with Crippen LogP contribution in [0.1, 0.15) is 51.9 Å². The first-order valence-corrected chi connectivity index (χ1v) is 10.5. The van der Waals surface area contributed by atoms with Crippen molar-refractivity contribution in [2.75, 3.05) is 13.1 Å². The number of hydrogen-bond donors (Lipinski definition) is 8. The molecule has 184 valence electrons. The van der Waals surface area contributed by atoms with Crippen molar-refractivity contribution >= 4 is 29.7 Å². The van der Waals surface area contributed by atoms with Gasteiger partial charge in [-0.25, -0.2) is 0 Å². The molecule has 32 heavy (non-hydrogen) atoms. The number of amides is 3. The van der Waals surface area contributed by atoms with E-state index < -0.39 is 60.2 Å². The Morgan fingerprint density at radius 3 is 1.75 bits per heavy atom. The maximum atomic E-state index is 12.7. The van der Waals surface area contributed by atoms with Crippen molar-refractivity contribution < 1.29 is 34.2 Å². The molecule has 0 aliphatic carbocycles. The van der Waals surface area contributed by atoms with Crippen molar-refractivity contribution in [2.45, 2.75) is 76.0 Å². The van der Waals surface area contributed by atoms with Gasteiger partial charge in [-0.3, -0.25) is 24.0 Å². The molecule has 0 bridgehead atoms. The van der Waals surface area contributed by atoms with Gasteiger partial charge in [-0.1, -0.05) is 6.42 Å². The Morgan fingerprint density at radius 2 is 1.25 bits per heavy atom. The van der Waals surface area contributed by atoms with E-state index in [9.17, 15) is 24.0 Å². The van der Waals surface area contributed by atoms with Crippen LogP contribution in [0.5, 0.6) is 0 Å². The maximum Gasteiger partial charge on any atom is 0.325 e. The van der Waals surface area contributed by atoms with Crippen LogP contribution < -0.4 is 33.2 Å². The fourth-order valence-electron chi connectivity index (χ4n) is 2.71. The van der Waals surface area contributed by atoms with E-state index in [4.69, 9.17) is 27.4 Å². The molecule has 0 aromatic carbocycles. The summed E-state index contributed by atoms with van der Waals surface area (Å²) in [6.07, 6.45) is 1.99. The summed E-state index contributed by atoms with van der Waals surface area (Å²) in [6, 6.07) is -4.76. The van der Waals surface area contributed by atoms with Crippen molar-refractivity contribution in [2.24, 2.45) is 17.2 Å². The molecule has 4 unspecified atom stereocenters. The summed E-state index contributed by atoms with van der Waals surface area (Å²) >= 11 is 0. The van der Waals surface area contributed by atoms with Crippen LogP contribution >= 0.6 is 0 Å². The Labute approximate surface area is 186 Å². The van der Waals surface area contributed by atoms with Gasteiger partial charge in [-0.15, -0.1) is 0 Å². The van der Waals surface area contributed by atoms with Crippen LogP contribution in [0.4, 0.5) is 0 Å². The molecule has 0 aromatic rings. The fraction of sp³-hybridized carbons (Fsp3) is 0.737. The van der Waals surface area contributed by atoms with E-state index in [1.807, 2.05) is 0 Å². The number of carbonyl (C=O) groups is 5. The van der Waals surface area contributed by atoms with Crippen LogP contribution in [-0.4, -0.2) is 77.1 Å². The Kier molecular flexibility index (Phi) is 14.6. The Morgan fingerprint density at radius 1 is 0.750 bits per heavy atom. The van der Waals surface area contributed by atoms with E-state index in [0.717, 1.165) is 0 Å². The second kappa shape index (κ2) is 15.9. The van der Waals surface area contributed by atoms with Gasteiger partial charge in [-0.2, -0.15) is 0 Å². The van der Waals surface area contributed by atoms with Gasteiger partial charge in [0.1, 0.15) is 18.1 Å². The summed E-state index contributed by atoms with van der Waals surface area (Å²) in [6.45, 7) is 2.05. The zero-order valence-electron chi connectivity index (χ0n) is 18.3. The van der Waals surface area contributed by atoms with E-state index in [-0.39, 0.29) is 6.42 Å². The standard InChI is InChI=1S/C19H36N6O7/c1-11(19(31)32)23-17(29)13(7-3-5-9-21)24-18(30)14(10-15(26)27)25-16(28)12(22)6-2-4-8-20/h11-14H,2-10,20-22H2,1H3,(H,23,29)(H,24,30)(H,25,28)(H,26,27)(H,31,32). The van der Waals surface area contributed by atoms with Crippen molar-refractivity contribution in [1.82, 2.24) is 16.0 Å². The molecular formula is C19H36N6O7. The van der Waals surface area contributed by atoms with Crippen LogP contribution in [0, 0.1) is 0 Å². The van der Waals surface area contributed by atoms with Gasteiger partial charge in [-0.05, 0) is 52.1 Å². The smallest absolute Gasteiger partial charge is 0.325 e. The normalized spacial score (nSPS) is 14.5. The van der Waals surface area contributed by atoms with Crippen molar-refractivity contribution in [3.8, 4) is 0 Å². The fourth-order valence-corrected chi connectivity index (χ4v) is 2.71. The summed E-state index contributed by atoms with van der Waals surface area (Å²) in [5.41, 5.74) is 16.6. The molecule has 0 saturated heterocycles. The lowest BCUT2D eigenvalue weighted by Crippen LogP contribution is -2.57. The summed E-state index contributed by atoms with van der Waals surface area (Å²) in [7, 11) is 0. The average Bonchev–Trinajstić information content (AvgIpc) is 2.71. The second-order valence-electron chi connectivity index (χ2n) is 7.46. The number of nitrogens with one attached hydrogen (secondary N) is 3. The molecule has 0 aromatic heterocycles. The first-order chi connectivity index (χ1) is 15.0. The zero-order valence-corrected chi connectivity index (χ0v) is 18.3. The number of rotatable bonds is 17. The molecule has 0 aliphatic rings. The van der Waals surface area contributed by atoms with Crippen molar-refractivity contribution in [3.05, 3.63) is 0 Å². The van der Waals surface area contributed by atoms with Crippen molar-refractivity contribution in [1.29, 1.82) is 0 Å². The van der Waals surface area contributed by atoms with E-state index in [1.165, 1.54) is 6.92 Å². The molecule has 0 saturated carbocycles. The number of hydrogen-bond acceptors (Lipinski definition) is 8. The summed E-state index contributed by atoms with van der Waals surface area (Å²) in [5, 5.41) is 25.1. The lowest BCUT2D eigenvalue weighted by molar-refractivity contribution is -0.143. The van der Waals surface area contributed by atoms with Crippen LogP contribution in [0.3, 0.4) is 0 Å². The molecule has 4 atom stereocenters. The highest BCUT2D eigenvalue weighted by molar-refractivity contribution is 5.95. The average molecular weight is 461 g/mol. The number of unbranched alkanes of at least 4 members (excludes halogenated alkanes) is 2. The minimum absolute atomic E-state index is 0.146. The number of carboxylic acids is 2. The molecule has 0 spiro atoms. The first-order valence-electron chi connectivity index (χ1n) is 10.5. The van der Waals surface area contributed by atoms with E-state index in [0.29, 0.717) is 45.2 Å². The summed E-state index contributed by atoms with van der Waals surface area (Å²) in [5.74, 6) is -4.95. The van der Waals surface area contributed by atoms with Crippen LogP contribution in [0.2, 0.25) is 0 Å². The third-order valence-electron chi connectivity index (χ3n) is 4.63. The van der Waals surface area contributed by atoms with E-state index in [2.05, 4.69) is 16.0 Å². The lowest BCUT2D eigenvalue weighted by atomic mass is 10.1. The molecule has 11 N–H and O–H groups in total. The monoisotopic (exact) mass is 460 g/mol. The molecule has 13 heteroatoms. The largest absolute Gasteiger partial charge is 0.481 e. The zero-order chi connectivity index (χ0) is 24.7. The summed E-state index contributed by atoms with van der Waals surface area (Å²) < 4.78 is 0. The predicted octanol–water partition coefficient (Wildman–Crippen LogP) is -2.39. The predicted molar refractivity (Wildman–Crippen MR) is 115 cm³/mol. The van der Waals surface area contributed by atoms with Crippen LogP contribution in [0.15, 0.2) is 0 Å². The van der Waals surface area contributed by atoms with Gasteiger partial charge in [0.05, 0.1) is 12.5 Å². The third kappa shape index (κ3) is 12.2.